The Hall–Kier alpha value is -0.120. The van der Waals surface area contributed by atoms with Crippen LogP contribution in [0.2, 0.25) is 0 Å². The molecule has 3 heterocycles. The second-order valence-corrected chi connectivity index (χ2v) is 6.86. The normalized spacial score (nSPS) is 49.6. The largest absolute Gasteiger partial charge is 0.362 e. The summed E-state index contributed by atoms with van der Waals surface area (Å²) in [7, 11) is 2.24. The van der Waals surface area contributed by atoms with Crippen molar-refractivity contribution in [2.24, 2.45) is 23.7 Å². The van der Waals surface area contributed by atoms with Crippen LogP contribution in [0.5, 0.6) is 0 Å². The van der Waals surface area contributed by atoms with E-state index in [1.54, 1.807) is 0 Å². The first kappa shape index (κ1) is 10.8. The lowest BCUT2D eigenvalue weighted by Crippen LogP contribution is -2.58. The number of fused-ring (bicyclic) bond motifs is 3. The maximum atomic E-state index is 6.20. The van der Waals surface area contributed by atoms with E-state index in [-0.39, 0.29) is 0 Å². The minimum atomic E-state index is 0.586. The van der Waals surface area contributed by atoms with Crippen molar-refractivity contribution in [1.82, 2.24) is 9.80 Å². The molecule has 0 radical (unpaired) electrons. The van der Waals surface area contributed by atoms with Crippen molar-refractivity contribution >= 4 is 0 Å². The highest BCUT2D eigenvalue weighted by atomic mass is 16.5. The lowest BCUT2D eigenvalue weighted by molar-refractivity contribution is -0.163. The van der Waals surface area contributed by atoms with Gasteiger partial charge in [0.25, 0.3) is 0 Å². The van der Waals surface area contributed by atoms with Gasteiger partial charge in [0.05, 0.1) is 12.8 Å². The average molecular weight is 236 g/mol. The molecule has 5 aliphatic rings. The van der Waals surface area contributed by atoms with Gasteiger partial charge in [0.15, 0.2) is 0 Å². The number of hydrogen-bond acceptors (Lipinski definition) is 3. The van der Waals surface area contributed by atoms with Crippen molar-refractivity contribution in [3.05, 3.63) is 0 Å². The fraction of sp³-hybridized carbons (Fsp3) is 1.00. The molecular weight excluding hydrogens is 212 g/mol. The summed E-state index contributed by atoms with van der Waals surface area (Å²) in [6.07, 6.45) is 4.92. The lowest BCUT2D eigenvalue weighted by Gasteiger charge is -2.52. The molecule has 4 unspecified atom stereocenters. The van der Waals surface area contributed by atoms with Crippen molar-refractivity contribution in [3.63, 3.8) is 0 Å². The predicted octanol–water partition coefficient (Wildman–Crippen LogP) is 1.25. The summed E-state index contributed by atoms with van der Waals surface area (Å²) in [6.45, 7) is 6.01. The summed E-state index contributed by atoms with van der Waals surface area (Å²) in [5.74, 6) is 3.77. The van der Waals surface area contributed by atoms with Crippen molar-refractivity contribution in [1.29, 1.82) is 0 Å². The van der Waals surface area contributed by atoms with Crippen LogP contribution < -0.4 is 0 Å². The van der Waals surface area contributed by atoms with E-state index in [0.717, 1.165) is 30.4 Å². The zero-order chi connectivity index (χ0) is 11.4. The quantitative estimate of drug-likeness (QED) is 0.733. The summed E-state index contributed by atoms with van der Waals surface area (Å²) in [5, 5.41) is 0. The molecule has 5 rings (SSSR count). The third-order valence-electron chi connectivity index (χ3n) is 5.45. The number of hydrogen-bond donors (Lipinski definition) is 0. The highest BCUT2D eigenvalue weighted by molar-refractivity contribution is 4.98. The molecule has 3 heteroatoms. The van der Waals surface area contributed by atoms with Gasteiger partial charge in [-0.15, -0.1) is 0 Å². The zero-order valence-electron chi connectivity index (χ0n) is 10.8. The minimum absolute atomic E-state index is 0.586. The molecule has 0 aromatic heterocycles. The third-order valence-corrected chi connectivity index (χ3v) is 5.45. The molecule has 0 spiro atoms. The lowest BCUT2D eigenvalue weighted by atomic mass is 9.68. The van der Waals surface area contributed by atoms with Crippen LogP contribution in [0.25, 0.3) is 0 Å². The van der Waals surface area contributed by atoms with Gasteiger partial charge >= 0.3 is 0 Å². The Morgan fingerprint density at radius 1 is 1.00 bits per heavy atom. The molecule has 2 aliphatic carbocycles. The van der Waals surface area contributed by atoms with Crippen molar-refractivity contribution in [3.8, 4) is 0 Å². The topological polar surface area (TPSA) is 15.7 Å². The van der Waals surface area contributed by atoms with Gasteiger partial charge in [-0.25, -0.2) is 0 Å². The number of nitrogens with zero attached hydrogens (tertiary/aromatic N) is 2. The number of piperidine rings is 3. The zero-order valence-corrected chi connectivity index (χ0v) is 10.8. The Morgan fingerprint density at radius 3 is 2.53 bits per heavy atom. The second-order valence-electron chi connectivity index (χ2n) is 6.86. The highest BCUT2D eigenvalue weighted by Gasteiger charge is 2.47. The van der Waals surface area contributed by atoms with Gasteiger partial charge in [0.1, 0.15) is 0 Å². The van der Waals surface area contributed by atoms with Crippen LogP contribution in [-0.2, 0) is 4.74 Å². The molecule has 0 aromatic rings. The van der Waals surface area contributed by atoms with Crippen molar-refractivity contribution < 1.29 is 4.74 Å². The first-order chi connectivity index (χ1) is 8.29. The molecule has 2 bridgehead atoms. The number of likely N-dealkylation sites (tertiary alicyclic amines) is 1. The third kappa shape index (κ3) is 1.92. The summed E-state index contributed by atoms with van der Waals surface area (Å²) < 4.78 is 6.20. The summed E-state index contributed by atoms with van der Waals surface area (Å²) in [5.41, 5.74) is 0. The maximum Gasteiger partial charge on any atom is 0.0994 e. The van der Waals surface area contributed by atoms with Gasteiger partial charge in [-0.2, -0.15) is 0 Å². The van der Waals surface area contributed by atoms with Gasteiger partial charge < -0.3 is 9.64 Å². The monoisotopic (exact) mass is 236 g/mol. The van der Waals surface area contributed by atoms with E-state index in [2.05, 4.69) is 16.8 Å². The van der Waals surface area contributed by atoms with Gasteiger partial charge in [0.2, 0.25) is 0 Å². The Morgan fingerprint density at radius 2 is 1.76 bits per heavy atom. The van der Waals surface area contributed by atoms with Gasteiger partial charge in [-0.1, -0.05) is 0 Å². The maximum absolute atomic E-state index is 6.20. The van der Waals surface area contributed by atoms with E-state index in [1.165, 1.54) is 45.4 Å². The summed E-state index contributed by atoms with van der Waals surface area (Å²) in [4.78, 5) is 5.01. The summed E-state index contributed by atoms with van der Waals surface area (Å²) in [6, 6.07) is 0. The van der Waals surface area contributed by atoms with Crippen LogP contribution in [0.15, 0.2) is 0 Å². The number of rotatable bonds is 3. The Kier molecular flexibility index (Phi) is 2.50. The molecule has 0 N–H and O–H groups in total. The standard InChI is InChI=1S/C14H24N2O/c1-15-6-12-5-13(7-15)14(12)17-9-16-3-2-10-4-11(10)8-16/h10-14H,2-9H2,1H3. The Bertz CT molecular complexity index is 297. The van der Waals surface area contributed by atoms with E-state index in [1.807, 2.05) is 0 Å². The Labute approximate surface area is 104 Å². The van der Waals surface area contributed by atoms with E-state index in [4.69, 9.17) is 4.74 Å². The average Bonchev–Trinajstić information content (AvgIpc) is 3.07. The molecular formula is C14H24N2O. The fourth-order valence-electron chi connectivity index (χ4n) is 4.32. The van der Waals surface area contributed by atoms with Crippen molar-refractivity contribution in [2.45, 2.75) is 25.4 Å². The van der Waals surface area contributed by atoms with Crippen LogP contribution in [-0.4, -0.2) is 55.9 Å². The SMILES string of the molecule is CN1CC2CC(C1)C2OCN1CCC2CC2C1. The molecule has 4 atom stereocenters. The van der Waals surface area contributed by atoms with Crippen molar-refractivity contribution in [2.75, 3.05) is 40.0 Å². The summed E-state index contributed by atoms with van der Waals surface area (Å²) >= 11 is 0. The molecule has 0 amide bonds. The van der Waals surface area contributed by atoms with Gasteiger partial charge in [-0.05, 0) is 50.0 Å². The minimum Gasteiger partial charge on any atom is -0.362 e. The molecule has 3 saturated heterocycles. The molecule has 2 saturated carbocycles. The van der Waals surface area contributed by atoms with Gasteiger partial charge in [0, 0.05) is 26.2 Å². The van der Waals surface area contributed by atoms with Gasteiger partial charge in [-0.3, -0.25) is 4.90 Å². The molecule has 3 nitrogen and oxygen atoms in total. The first-order valence-corrected chi connectivity index (χ1v) is 7.32. The van der Waals surface area contributed by atoms with Crippen LogP contribution in [0, 0.1) is 23.7 Å². The first-order valence-electron chi connectivity index (χ1n) is 7.32. The molecule has 96 valence electrons. The van der Waals surface area contributed by atoms with Crippen LogP contribution in [0.1, 0.15) is 19.3 Å². The molecule has 17 heavy (non-hydrogen) atoms. The molecule has 5 fully saturated rings. The van der Waals surface area contributed by atoms with E-state index < -0.39 is 0 Å². The van der Waals surface area contributed by atoms with Crippen LogP contribution in [0.4, 0.5) is 0 Å². The highest BCUT2D eigenvalue weighted by Crippen LogP contribution is 2.45. The predicted molar refractivity (Wildman–Crippen MR) is 66.6 cm³/mol. The molecule has 0 aromatic carbocycles. The van der Waals surface area contributed by atoms with Crippen LogP contribution >= 0.6 is 0 Å². The molecule has 3 aliphatic heterocycles. The number of ether oxygens (including phenoxy) is 1. The second kappa shape index (κ2) is 3.94. The smallest absolute Gasteiger partial charge is 0.0994 e. The van der Waals surface area contributed by atoms with Crippen LogP contribution in [0.3, 0.4) is 0 Å². The Balaban J connectivity index is 1.25. The fourth-order valence-corrected chi connectivity index (χ4v) is 4.32. The van der Waals surface area contributed by atoms with E-state index in [0.29, 0.717) is 6.10 Å². The van der Waals surface area contributed by atoms with E-state index in [9.17, 15) is 0 Å². The van der Waals surface area contributed by atoms with E-state index >= 15 is 0 Å².